The highest BCUT2D eigenvalue weighted by Crippen LogP contribution is 2.31. The van der Waals surface area contributed by atoms with Gasteiger partial charge in [-0.25, -0.2) is 0 Å². The van der Waals surface area contributed by atoms with Crippen molar-refractivity contribution < 1.29 is 14.3 Å². The van der Waals surface area contributed by atoms with Gasteiger partial charge in [-0.2, -0.15) is 0 Å². The number of carbonyl (C=O) groups is 2. The molecule has 0 radical (unpaired) electrons. The molecule has 1 aromatic carbocycles. The lowest BCUT2D eigenvalue weighted by Crippen LogP contribution is -2.28. The third kappa shape index (κ3) is 3.97. The maximum Gasteiger partial charge on any atom is 0.234 e. The first-order valence-corrected chi connectivity index (χ1v) is 6.99. The minimum Gasteiger partial charge on any atom is -0.383 e. The van der Waals surface area contributed by atoms with E-state index in [0.717, 1.165) is 16.1 Å². The van der Waals surface area contributed by atoms with Crippen LogP contribution in [0.4, 0.5) is 5.69 Å². The normalized spacial score (nSPS) is 13.6. The third-order valence-corrected chi connectivity index (χ3v) is 3.74. The molecule has 2 N–H and O–H groups in total. The highest BCUT2D eigenvalue weighted by Gasteiger charge is 2.15. The van der Waals surface area contributed by atoms with Crippen molar-refractivity contribution in [1.82, 2.24) is 5.32 Å². The molecular weight excluding hydrogens is 264 g/mol. The number of hydrogen-bond donors (Lipinski definition) is 2. The van der Waals surface area contributed by atoms with Gasteiger partial charge in [0.15, 0.2) is 0 Å². The Morgan fingerprint density at radius 3 is 3.16 bits per heavy atom. The fraction of sp³-hybridized carbons (Fsp3) is 0.385. The van der Waals surface area contributed by atoms with Gasteiger partial charge < -0.3 is 15.4 Å². The molecular formula is C13H16N2O3S. The van der Waals surface area contributed by atoms with Gasteiger partial charge in [0.1, 0.15) is 0 Å². The van der Waals surface area contributed by atoms with E-state index in [0.29, 0.717) is 25.3 Å². The first-order valence-electron chi connectivity index (χ1n) is 6.00. The Balaban J connectivity index is 1.96. The zero-order chi connectivity index (χ0) is 13.7. The number of thioether (sulfide) groups is 1. The molecule has 1 aliphatic rings. The molecule has 102 valence electrons. The number of amides is 2. The van der Waals surface area contributed by atoms with Crippen molar-refractivity contribution in [3.8, 4) is 0 Å². The van der Waals surface area contributed by atoms with Crippen molar-refractivity contribution in [3.63, 3.8) is 0 Å². The second kappa shape index (κ2) is 6.58. The van der Waals surface area contributed by atoms with E-state index in [1.54, 1.807) is 7.11 Å². The van der Waals surface area contributed by atoms with Crippen LogP contribution in [0.2, 0.25) is 0 Å². The van der Waals surface area contributed by atoms with Gasteiger partial charge in [0, 0.05) is 18.6 Å². The maximum atomic E-state index is 11.7. The third-order valence-electron chi connectivity index (χ3n) is 2.67. The molecule has 2 rings (SSSR count). The van der Waals surface area contributed by atoms with E-state index in [1.165, 1.54) is 11.8 Å². The zero-order valence-electron chi connectivity index (χ0n) is 10.7. The Labute approximate surface area is 116 Å². The summed E-state index contributed by atoms with van der Waals surface area (Å²) in [5.41, 5.74) is 1.68. The van der Waals surface area contributed by atoms with Gasteiger partial charge in [0.05, 0.1) is 24.5 Å². The number of rotatable bonds is 5. The van der Waals surface area contributed by atoms with E-state index in [9.17, 15) is 9.59 Å². The minimum atomic E-state index is -0.0493. The number of fused-ring (bicyclic) bond motifs is 1. The standard InChI is InChI=1S/C13H16N2O3S/c1-18-5-4-14-12(16)7-9-2-3-11-10(6-9)15-13(17)8-19-11/h2-3,6H,4-5,7-8H2,1H3,(H,14,16)(H,15,17). The second-order valence-electron chi connectivity index (χ2n) is 4.19. The predicted molar refractivity (Wildman–Crippen MR) is 74.4 cm³/mol. The molecule has 0 saturated heterocycles. The molecule has 0 aromatic heterocycles. The molecule has 0 bridgehead atoms. The summed E-state index contributed by atoms with van der Waals surface area (Å²) in [6.45, 7) is 1.01. The van der Waals surface area contributed by atoms with E-state index in [2.05, 4.69) is 10.6 Å². The van der Waals surface area contributed by atoms with Crippen LogP contribution < -0.4 is 10.6 Å². The molecule has 5 nitrogen and oxygen atoms in total. The zero-order valence-corrected chi connectivity index (χ0v) is 11.5. The number of hydrogen-bond acceptors (Lipinski definition) is 4. The van der Waals surface area contributed by atoms with Crippen LogP contribution in [0.5, 0.6) is 0 Å². The Morgan fingerprint density at radius 1 is 1.53 bits per heavy atom. The molecule has 0 unspecified atom stereocenters. The summed E-state index contributed by atoms with van der Waals surface area (Å²) < 4.78 is 4.86. The lowest BCUT2D eigenvalue weighted by Gasteiger charge is -2.17. The summed E-state index contributed by atoms with van der Waals surface area (Å²) in [7, 11) is 1.59. The smallest absolute Gasteiger partial charge is 0.234 e. The van der Waals surface area contributed by atoms with Gasteiger partial charge >= 0.3 is 0 Å². The highest BCUT2D eigenvalue weighted by atomic mass is 32.2. The Hall–Kier alpha value is -1.53. The Morgan fingerprint density at radius 2 is 2.37 bits per heavy atom. The average molecular weight is 280 g/mol. The van der Waals surface area contributed by atoms with Gasteiger partial charge in [0.2, 0.25) is 11.8 Å². The summed E-state index contributed by atoms with van der Waals surface area (Å²) in [5, 5.41) is 5.58. The first-order chi connectivity index (χ1) is 9.19. The number of carbonyl (C=O) groups excluding carboxylic acids is 2. The molecule has 0 atom stereocenters. The molecule has 2 amide bonds. The van der Waals surface area contributed by atoms with Crippen molar-refractivity contribution >= 4 is 29.3 Å². The second-order valence-corrected chi connectivity index (χ2v) is 5.20. The SMILES string of the molecule is COCCNC(=O)Cc1ccc2c(c1)NC(=O)CS2. The fourth-order valence-electron chi connectivity index (χ4n) is 1.78. The van der Waals surface area contributed by atoms with Gasteiger partial charge in [-0.15, -0.1) is 11.8 Å². The van der Waals surface area contributed by atoms with Crippen LogP contribution in [-0.2, 0) is 20.7 Å². The molecule has 6 heteroatoms. The van der Waals surface area contributed by atoms with Crippen LogP contribution in [0.15, 0.2) is 23.1 Å². The summed E-state index contributed by atoms with van der Waals surface area (Å²) in [6, 6.07) is 5.71. The van der Waals surface area contributed by atoms with Crippen molar-refractivity contribution in [2.75, 3.05) is 31.3 Å². The van der Waals surface area contributed by atoms with E-state index in [4.69, 9.17) is 4.74 Å². The predicted octanol–water partition coefficient (Wildman–Crippen LogP) is 1.04. The van der Waals surface area contributed by atoms with Crippen molar-refractivity contribution in [2.45, 2.75) is 11.3 Å². The number of anilines is 1. The van der Waals surface area contributed by atoms with Gasteiger partial charge in [-0.1, -0.05) is 6.07 Å². The first kappa shape index (κ1) is 13.9. The van der Waals surface area contributed by atoms with E-state index >= 15 is 0 Å². The van der Waals surface area contributed by atoms with Crippen molar-refractivity contribution in [1.29, 1.82) is 0 Å². The summed E-state index contributed by atoms with van der Waals surface area (Å²) in [5.74, 6) is 0.398. The lowest BCUT2D eigenvalue weighted by molar-refractivity contribution is -0.120. The summed E-state index contributed by atoms with van der Waals surface area (Å²) in [6.07, 6.45) is 0.303. The minimum absolute atomic E-state index is 0.000744. The van der Waals surface area contributed by atoms with Crippen molar-refractivity contribution in [3.05, 3.63) is 23.8 Å². The number of nitrogens with one attached hydrogen (secondary N) is 2. The number of benzene rings is 1. The monoisotopic (exact) mass is 280 g/mol. The van der Waals surface area contributed by atoms with Gasteiger partial charge in [-0.3, -0.25) is 9.59 Å². The summed E-state index contributed by atoms with van der Waals surface area (Å²) in [4.78, 5) is 24.0. The summed E-state index contributed by atoms with van der Waals surface area (Å²) >= 11 is 1.51. The number of methoxy groups -OCH3 is 1. The Bertz CT molecular complexity index is 491. The molecule has 0 saturated carbocycles. The van der Waals surface area contributed by atoms with E-state index in [1.807, 2.05) is 18.2 Å². The molecule has 0 aliphatic carbocycles. The van der Waals surface area contributed by atoms with Gasteiger partial charge in [0.25, 0.3) is 0 Å². The average Bonchev–Trinajstić information content (AvgIpc) is 2.38. The van der Waals surface area contributed by atoms with E-state index in [-0.39, 0.29) is 11.8 Å². The molecule has 1 aromatic rings. The maximum absolute atomic E-state index is 11.7. The van der Waals surface area contributed by atoms with Crippen LogP contribution in [-0.4, -0.2) is 37.8 Å². The van der Waals surface area contributed by atoms with Crippen LogP contribution in [0.3, 0.4) is 0 Å². The fourth-order valence-corrected chi connectivity index (χ4v) is 2.57. The van der Waals surface area contributed by atoms with Crippen LogP contribution in [0.1, 0.15) is 5.56 Å². The quantitative estimate of drug-likeness (QED) is 0.791. The largest absolute Gasteiger partial charge is 0.383 e. The van der Waals surface area contributed by atoms with Crippen LogP contribution in [0, 0.1) is 0 Å². The van der Waals surface area contributed by atoms with Gasteiger partial charge in [-0.05, 0) is 17.7 Å². The molecule has 0 fully saturated rings. The number of ether oxygens (including phenoxy) is 1. The van der Waals surface area contributed by atoms with Crippen molar-refractivity contribution in [2.24, 2.45) is 0 Å². The molecule has 19 heavy (non-hydrogen) atoms. The highest BCUT2D eigenvalue weighted by molar-refractivity contribution is 8.00. The lowest BCUT2D eigenvalue weighted by atomic mass is 10.1. The molecule has 1 aliphatic heterocycles. The Kier molecular flexibility index (Phi) is 4.81. The topological polar surface area (TPSA) is 67.4 Å². The molecule has 1 heterocycles. The van der Waals surface area contributed by atoms with Crippen LogP contribution in [0.25, 0.3) is 0 Å². The van der Waals surface area contributed by atoms with Crippen LogP contribution >= 0.6 is 11.8 Å². The molecule has 0 spiro atoms. The van der Waals surface area contributed by atoms with E-state index < -0.39 is 0 Å².